The molecule has 0 saturated heterocycles. The van der Waals surface area contributed by atoms with Crippen LogP contribution in [0.3, 0.4) is 0 Å². The standard InChI is InChI=1S/C17H19ClFN3/c1-20-17(22-12-14-6-2-3-8-16(14)19)21-10-9-13-5-4-7-15(18)11-13/h2-8,11H,9-10,12H2,1H3,(H2,20,21,22). The lowest BCUT2D eigenvalue weighted by atomic mass is 10.1. The largest absolute Gasteiger partial charge is 0.356 e. The Balaban J connectivity index is 1.79. The van der Waals surface area contributed by atoms with Crippen LogP contribution in [0.15, 0.2) is 53.5 Å². The van der Waals surface area contributed by atoms with Crippen LogP contribution in [0.2, 0.25) is 5.02 Å². The van der Waals surface area contributed by atoms with E-state index in [0.29, 0.717) is 18.1 Å². The molecular formula is C17H19ClFN3. The van der Waals surface area contributed by atoms with Crippen LogP contribution < -0.4 is 10.6 Å². The van der Waals surface area contributed by atoms with Gasteiger partial charge in [-0.1, -0.05) is 41.9 Å². The first-order valence-electron chi connectivity index (χ1n) is 7.11. The lowest BCUT2D eigenvalue weighted by Crippen LogP contribution is -2.38. The van der Waals surface area contributed by atoms with Crippen molar-refractivity contribution in [2.75, 3.05) is 13.6 Å². The number of hydrogen-bond donors (Lipinski definition) is 2. The molecule has 22 heavy (non-hydrogen) atoms. The van der Waals surface area contributed by atoms with E-state index < -0.39 is 0 Å². The quantitative estimate of drug-likeness (QED) is 0.654. The number of benzene rings is 2. The van der Waals surface area contributed by atoms with Crippen LogP contribution in [0, 0.1) is 5.82 Å². The van der Waals surface area contributed by atoms with Crippen LogP contribution in [0.25, 0.3) is 0 Å². The molecule has 0 bridgehead atoms. The Kier molecular flexibility index (Phi) is 6.22. The SMILES string of the molecule is CN=C(NCCc1cccc(Cl)c1)NCc1ccccc1F. The maximum absolute atomic E-state index is 13.5. The lowest BCUT2D eigenvalue weighted by molar-refractivity contribution is 0.604. The predicted molar refractivity (Wildman–Crippen MR) is 89.8 cm³/mol. The van der Waals surface area contributed by atoms with Gasteiger partial charge in [-0.3, -0.25) is 4.99 Å². The molecule has 116 valence electrons. The molecule has 0 aromatic heterocycles. The van der Waals surface area contributed by atoms with E-state index in [1.54, 1.807) is 19.2 Å². The summed E-state index contributed by atoms with van der Waals surface area (Å²) in [7, 11) is 1.69. The Labute approximate surface area is 135 Å². The van der Waals surface area contributed by atoms with Crippen LogP contribution in [0.1, 0.15) is 11.1 Å². The fraction of sp³-hybridized carbons (Fsp3) is 0.235. The third-order valence-electron chi connectivity index (χ3n) is 3.22. The van der Waals surface area contributed by atoms with Crippen molar-refractivity contribution in [3.63, 3.8) is 0 Å². The van der Waals surface area contributed by atoms with Crippen molar-refractivity contribution >= 4 is 17.6 Å². The van der Waals surface area contributed by atoms with E-state index in [1.807, 2.05) is 30.3 Å². The molecular weight excluding hydrogens is 301 g/mol. The fourth-order valence-electron chi connectivity index (χ4n) is 2.06. The van der Waals surface area contributed by atoms with Crippen LogP contribution in [-0.2, 0) is 13.0 Å². The molecule has 2 aromatic rings. The number of halogens is 2. The van der Waals surface area contributed by atoms with Crippen molar-refractivity contribution in [1.29, 1.82) is 0 Å². The summed E-state index contributed by atoms with van der Waals surface area (Å²) in [5.41, 5.74) is 1.77. The minimum Gasteiger partial charge on any atom is -0.356 e. The topological polar surface area (TPSA) is 36.4 Å². The highest BCUT2D eigenvalue weighted by Gasteiger charge is 2.02. The molecule has 0 fully saturated rings. The average molecular weight is 320 g/mol. The molecule has 5 heteroatoms. The number of aliphatic imine (C=N–C) groups is 1. The van der Waals surface area contributed by atoms with Gasteiger partial charge in [-0.15, -0.1) is 0 Å². The normalized spacial score (nSPS) is 11.3. The second-order valence-electron chi connectivity index (χ2n) is 4.82. The van der Waals surface area contributed by atoms with Gasteiger partial charge in [0.15, 0.2) is 5.96 Å². The highest BCUT2D eigenvalue weighted by molar-refractivity contribution is 6.30. The summed E-state index contributed by atoms with van der Waals surface area (Å²) in [4.78, 5) is 4.13. The molecule has 0 aliphatic heterocycles. The van der Waals surface area contributed by atoms with Crippen LogP contribution >= 0.6 is 11.6 Å². The third kappa shape index (κ3) is 5.04. The first-order chi connectivity index (χ1) is 10.7. The van der Waals surface area contributed by atoms with E-state index in [9.17, 15) is 4.39 Å². The summed E-state index contributed by atoms with van der Waals surface area (Å²) in [6, 6.07) is 14.5. The zero-order valence-corrected chi connectivity index (χ0v) is 13.2. The van der Waals surface area contributed by atoms with Gasteiger partial charge in [0.25, 0.3) is 0 Å². The molecule has 0 saturated carbocycles. The highest BCUT2D eigenvalue weighted by atomic mass is 35.5. The van der Waals surface area contributed by atoms with Gasteiger partial charge in [0, 0.05) is 30.7 Å². The number of nitrogens with one attached hydrogen (secondary N) is 2. The Morgan fingerprint density at radius 2 is 1.95 bits per heavy atom. The van der Waals surface area contributed by atoms with Crippen molar-refractivity contribution in [1.82, 2.24) is 10.6 Å². The third-order valence-corrected chi connectivity index (χ3v) is 3.46. The van der Waals surface area contributed by atoms with Gasteiger partial charge in [-0.25, -0.2) is 4.39 Å². The first kappa shape index (κ1) is 16.3. The Hall–Kier alpha value is -2.07. The van der Waals surface area contributed by atoms with E-state index in [-0.39, 0.29) is 5.82 Å². The van der Waals surface area contributed by atoms with Gasteiger partial charge >= 0.3 is 0 Å². The van der Waals surface area contributed by atoms with Gasteiger partial charge in [-0.05, 0) is 30.2 Å². The predicted octanol–water partition coefficient (Wildman–Crippen LogP) is 3.39. The van der Waals surface area contributed by atoms with Crippen LogP contribution in [0.4, 0.5) is 4.39 Å². The maximum atomic E-state index is 13.5. The number of hydrogen-bond acceptors (Lipinski definition) is 1. The molecule has 2 rings (SSSR count). The van der Waals surface area contributed by atoms with E-state index >= 15 is 0 Å². The Morgan fingerprint density at radius 1 is 1.14 bits per heavy atom. The molecule has 0 aliphatic carbocycles. The Bertz CT molecular complexity index is 643. The molecule has 2 N–H and O–H groups in total. The number of nitrogens with zero attached hydrogens (tertiary/aromatic N) is 1. The van der Waals surface area contributed by atoms with E-state index in [1.165, 1.54) is 6.07 Å². The Morgan fingerprint density at radius 3 is 2.68 bits per heavy atom. The monoisotopic (exact) mass is 319 g/mol. The highest BCUT2D eigenvalue weighted by Crippen LogP contribution is 2.10. The zero-order chi connectivity index (χ0) is 15.8. The van der Waals surface area contributed by atoms with Crippen molar-refractivity contribution in [3.05, 3.63) is 70.5 Å². The average Bonchev–Trinajstić information content (AvgIpc) is 2.52. The van der Waals surface area contributed by atoms with Gasteiger partial charge in [-0.2, -0.15) is 0 Å². The molecule has 2 aromatic carbocycles. The minimum atomic E-state index is -0.218. The molecule has 3 nitrogen and oxygen atoms in total. The molecule has 0 radical (unpaired) electrons. The summed E-state index contributed by atoms with van der Waals surface area (Å²) in [6.45, 7) is 1.11. The lowest BCUT2D eigenvalue weighted by Gasteiger charge is -2.12. The van der Waals surface area contributed by atoms with Crippen molar-refractivity contribution in [2.45, 2.75) is 13.0 Å². The second kappa shape index (κ2) is 8.39. The van der Waals surface area contributed by atoms with Crippen LogP contribution in [-0.4, -0.2) is 19.6 Å². The molecule has 0 unspecified atom stereocenters. The van der Waals surface area contributed by atoms with Gasteiger partial charge < -0.3 is 10.6 Å². The first-order valence-corrected chi connectivity index (χ1v) is 7.49. The number of guanidine groups is 1. The second-order valence-corrected chi connectivity index (χ2v) is 5.26. The summed E-state index contributed by atoms with van der Waals surface area (Å²) in [5, 5.41) is 7.03. The molecule has 0 spiro atoms. The summed E-state index contributed by atoms with van der Waals surface area (Å²) in [6.07, 6.45) is 0.834. The van der Waals surface area contributed by atoms with E-state index in [4.69, 9.17) is 11.6 Å². The smallest absolute Gasteiger partial charge is 0.191 e. The molecule has 0 aliphatic rings. The van der Waals surface area contributed by atoms with Gasteiger partial charge in [0.1, 0.15) is 5.82 Å². The molecule has 0 heterocycles. The minimum absolute atomic E-state index is 0.218. The van der Waals surface area contributed by atoms with Gasteiger partial charge in [0.05, 0.1) is 0 Å². The summed E-state index contributed by atoms with van der Waals surface area (Å²) >= 11 is 5.95. The summed E-state index contributed by atoms with van der Waals surface area (Å²) in [5.74, 6) is 0.426. The maximum Gasteiger partial charge on any atom is 0.191 e. The van der Waals surface area contributed by atoms with E-state index in [2.05, 4.69) is 15.6 Å². The fourth-order valence-corrected chi connectivity index (χ4v) is 2.27. The van der Waals surface area contributed by atoms with Crippen molar-refractivity contribution in [3.8, 4) is 0 Å². The van der Waals surface area contributed by atoms with Crippen LogP contribution in [0.5, 0.6) is 0 Å². The molecule has 0 atom stereocenters. The zero-order valence-electron chi connectivity index (χ0n) is 12.4. The molecule has 0 amide bonds. The van der Waals surface area contributed by atoms with Crippen molar-refractivity contribution in [2.24, 2.45) is 4.99 Å². The van der Waals surface area contributed by atoms with Gasteiger partial charge in [0.2, 0.25) is 0 Å². The summed E-state index contributed by atoms with van der Waals surface area (Å²) < 4.78 is 13.5. The van der Waals surface area contributed by atoms with Crippen molar-refractivity contribution < 1.29 is 4.39 Å². The number of rotatable bonds is 5. The van der Waals surface area contributed by atoms with E-state index in [0.717, 1.165) is 23.6 Å².